The molecule has 2 unspecified atom stereocenters. The lowest BCUT2D eigenvalue weighted by Gasteiger charge is -2.39. The topological polar surface area (TPSA) is 30.5 Å². The fourth-order valence-electron chi connectivity index (χ4n) is 3.21. The van der Waals surface area contributed by atoms with Crippen molar-refractivity contribution in [2.24, 2.45) is 11.8 Å². The van der Waals surface area contributed by atoms with E-state index in [2.05, 4.69) is 48.4 Å². The van der Waals surface area contributed by atoms with Gasteiger partial charge in [0.05, 0.1) is 0 Å². The Morgan fingerprint density at radius 3 is 2.18 bits per heavy atom. The summed E-state index contributed by atoms with van der Waals surface area (Å²) in [7, 11) is 4.51. The van der Waals surface area contributed by atoms with Crippen LogP contribution in [0.1, 0.15) is 39.5 Å². The van der Waals surface area contributed by atoms with Crippen molar-refractivity contribution in [2.75, 3.05) is 66.5 Å². The highest BCUT2D eigenvalue weighted by Gasteiger charge is 2.30. The molecular weight excluding hydrogens is 272 g/mol. The number of nitrogens with one attached hydrogen (secondary N) is 2. The SMILES string of the molecule is CCNCCCNCC1CCC1CN(C)CCCN(C)CC. The third kappa shape index (κ3) is 8.47. The second-order valence-corrected chi connectivity index (χ2v) is 7.02. The van der Waals surface area contributed by atoms with Crippen LogP contribution in [0.3, 0.4) is 0 Å². The van der Waals surface area contributed by atoms with E-state index in [0.29, 0.717) is 0 Å². The van der Waals surface area contributed by atoms with Crippen LogP contribution in [0, 0.1) is 11.8 Å². The van der Waals surface area contributed by atoms with Gasteiger partial charge in [0.1, 0.15) is 0 Å². The van der Waals surface area contributed by atoms with Crippen LogP contribution in [0.15, 0.2) is 0 Å². The zero-order chi connectivity index (χ0) is 16.2. The minimum atomic E-state index is 0.917. The van der Waals surface area contributed by atoms with Crippen LogP contribution >= 0.6 is 0 Å². The van der Waals surface area contributed by atoms with Crippen molar-refractivity contribution in [1.29, 1.82) is 0 Å². The molecule has 1 aliphatic rings. The summed E-state index contributed by atoms with van der Waals surface area (Å²) in [5, 5.41) is 7.03. The molecule has 1 saturated carbocycles. The lowest BCUT2D eigenvalue weighted by Crippen LogP contribution is -2.42. The molecule has 0 saturated heterocycles. The van der Waals surface area contributed by atoms with Gasteiger partial charge in [-0.2, -0.15) is 0 Å². The van der Waals surface area contributed by atoms with Gasteiger partial charge >= 0.3 is 0 Å². The van der Waals surface area contributed by atoms with Gasteiger partial charge in [0.2, 0.25) is 0 Å². The highest BCUT2D eigenvalue weighted by atomic mass is 15.1. The van der Waals surface area contributed by atoms with Gasteiger partial charge < -0.3 is 20.4 Å². The Bertz CT molecular complexity index is 259. The first-order valence-corrected chi connectivity index (χ1v) is 9.45. The molecule has 4 nitrogen and oxygen atoms in total. The minimum absolute atomic E-state index is 0.917. The molecule has 0 aromatic rings. The van der Waals surface area contributed by atoms with Crippen molar-refractivity contribution in [1.82, 2.24) is 20.4 Å². The summed E-state index contributed by atoms with van der Waals surface area (Å²) in [5.41, 5.74) is 0. The zero-order valence-corrected chi connectivity index (χ0v) is 15.5. The molecule has 132 valence electrons. The summed E-state index contributed by atoms with van der Waals surface area (Å²) in [6, 6.07) is 0. The molecule has 1 fully saturated rings. The fraction of sp³-hybridized carbons (Fsp3) is 1.00. The minimum Gasteiger partial charge on any atom is -0.317 e. The molecule has 1 rings (SSSR count). The Labute approximate surface area is 139 Å². The first kappa shape index (κ1) is 19.9. The zero-order valence-electron chi connectivity index (χ0n) is 15.5. The van der Waals surface area contributed by atoms with Crippen LogP contribution in [0.5, 0.6) is 0 Å². The van der Waals surface area contributed by atoms with Gasteiger partial charge in [0.25, 0.3) is 0 Å². The largest absolute Gasteiger partial charge is 0.317 e. The van der Waals surface area contributed by atoms with Gasteiger partial charge in [-0.05, 0) is 97.4 Å². The van der Waals surface area contributed by atoms with E-state index in [4.69, 9.17) is 0 Å². The van der Waals surface area contributed by atoms with E-state index in [-0.39, 0.29) is 0 Å². The van der Waals surface area contributed by atoms with E-state index in [1.54, 1.807) is 0 Å². The predicted octanol–water partition coefficient (Wildman–Crippen LogP) is 1.88. The second kappa shape index (κ2) is 12.3. The lowest BCUT2D eigenvalue weighted by molar-refractivity contribution is 0.119. The van der Waals surface area contributed by atoms with E-state index in [0.717, 1.165) is 38.0 Å². The first-order valence-electron chi connectivity index (χ1n) is 9.45. The van der Waals surface area contributed by atoms with Crippen LogP contribution in [0.25, 0.3) is 0 Å². The summed E-state index contributed by atoms with van der Waals surface area (Å²) in [6.45, 7) is 13.9. The lowest BCUT2D eigenvalue weighted by atomic mass is 9.73. The quantitative estimate of drug-likeness (QED) is 0.480. The Balaban J connectivity index is 2.01. The molecule has 0 amide bonds. The maximum Gasteiger partial charge on any atom is 0.000974 e. The smallest absolute Gasteiger partial charge is 0.000974 e. The third-order valence-corrected chi connectivity index (χ3v) is 5.10. The van der Waals surface area contributed by atoms with Gasteiger partial charge in [0, 0.05) is 6.54 Å². The Morgan fingerprint density at radius 2 is 1.55 bits per heavy atom. The summed E-state index contributed by atoms with van der Waals surface area (Å²) >= 11 is 0. The summed E-state index contributed by atoms with van der Waals surface area (Å²) in [5.74, 6) is 1.84. The van der Waals surface area contributed by atoms with Crippen LogP contribution in [-0.4, -0.2) is 76.3 Å². The molecular formula is C18H40N4. The van der Waals surface area contributed by atoms with E-state index >= 15 is 0 Å². The number of hydrogen-bond acceptors (Lipinski definition) is 4. The highest BCUT2D eigenvalue weighted by Crippen LogP contribution is 2.34. The van der Waals surface area contributed by atoms with Crippen molar-refractivity contribution < 1.29 is 0 Å². The third-order valence-electron chi connectivity index (χ3n) is 5.10. The van der Waals surface area contributed by atoms with E-state index in [1.165, 1.54) is 51.9 Å². The molecule has 2 N–H and O–H groups in total. The molecule has 0 radical (unpaired) electrons. The highest BCUT2D eigenvalue weighted by molar-refractivity contribution is 4.84. The molecule has 0 spiro atoms. The van der Waals surface area contributed by atoms with Gasteiger partial charge in [-0.3, -0.25) is 0 Å². The first-order chi connectivity index (χ1) is 10.7. The fourth-order valence-corrected chi connectivity index (χ4v) is 3.21. The molecule has 0 aromatic heterocycles. The number of nitrogens with zero attached hydrogens (tertiary/aromatic N) is 2. The average Bonchev–Trinajstić information content (AvgIpc) is 2.50. The summed E-state index contributed by atoms with van der Waals surface area (Å²) in [4.78, 5) is 4.95. The van der Waals surface area contributed by atoms with Crippen molar-refractivity contribution >= 4 is 0 Å². The number of rotatable bonds is 14. The van der Waals surface area contributed by atoms with Gasteiger partial charge in [0.15, 0.2) is 0 Å². The summed E-state index contributed by atoms with van der Waals surface area (Å²) < 4.78 is 0. The molecule has 0 heterocycles. The van der Waals surface area contributed by atoms with E-state index < -0.39 is 0 Å². The monoisotopic (exact) mass is 312 g/mol. The second-order valence-electron chi connectivity index (χ2n) is 7.02. The Kier molecular flexibility index (Phi) is 11.1. The van der Waals surface area contributed by atoms with Crippen molar-refractivity contribution in [3.05, 3.63) is 0 Å². The molecule has 4 heteroatoms. The van der Waals surface area contributed by atoms with Crippen LogP contribution in [-0.2, 0) is 0 Å². The Hall–Kier alpha value is -0.160. The molecule has 2 atom stereocenters. The van der Waals surface area contributed by atoms with Gasteiger partial charge in [-0.25, -0.2) is 0 Å². The molecule has 1 aliphatic carbocycles. The van der Waals surface area contributed by atoms with Crippen LogP contribution in [0.2, 0.25) is 0 Å². The van der Waals surface area contributed by atoms with Crippen LogP contribution < -0.4 is 10.6 Å². The molecule has 0 aliphatic heterocycles. The van der Waals surface area contributed by atoms with Gasteiger partial charge in [-0.15, -0.1) is 0 Å². The van der Waals surface area contributed by atoms with Gasteiger partial charge in [-0.1, -0.05) is 13.8 Å². The normalized spacial score (nSPS) is 21.5. The van der Waals surface area contributed by atoms with E-state index in [1.807, 2.05) is 0 Å². The molecule has 22 heavy (non-hydrogen) atoms. The summed E-state index contributed by atoms with van der Waals surface area (Å²) in [6.07, 6.45) is 5.40. The average molecular weight is 313 g/mol. The van der Waals surface area contributed by atoms with Crippen molar-refractivity contribution in [3.63, 3.8) is 0 Å². The predicted molar refractivity (Wildman–Crippen MR) is 97.5 cm³/mol. The van der Waals surface area contributed by atoms with Crippen LogP contribution in [0.4, 0.5) is 0 Å². The van der Waals surface area contributed by atoms with Crippen molar-refractivity contribution in [3.8, 4) is 0 Å². The number of hydrogen-bond donors (Lipinski definition) is 2. The standard InChI is InChI=1S/C18H40N4/c1-5-19-11-7-12-20-15-17-9-10-18(17)16-22(4)14-8-13-21(3)6-2/h17-20H,5-16H2,1-4H3. The maximum absolute atomic E-state index is 3.65. The van der Waals surface area contributed by atoms with Crippen molar-refractivity contribution in [2.45, 2.75) is 39.5 Å². The molecule has 0 bridgehead atoms. The Morgan fingerprint density at radius 1 is 0.864 bits per heavy atom. The molecule has 0 aromatic carbocycles. The maximum atomic E-state index is 3.65. The van der Waals surface area contributed by atoms with E-state index in [9.17, 15) is 0 Å².